The molecule has 0 amide bonds. The van der Waals surface area contributed by atoms with Crippen molar-refractivity contribution < 1.29 is 4.74 Å². The molecule has 90 valence electrons. The van der Waals surface area contributed by atoms with Crippen LogP contribution in [0.2, 0.25) is 0 Å². The van der Waals surface area contributed by atoms with Crippen LogP contribution in [-0.4, -0.2) is 25.8 Å². The number of hydrogen-bond acceptors (Lipinski definition) is 4. The summed E-state index contributed by atoms with van der Waals surface area (Å²) in [6.07, 6.45) is 1.03. The molecule has 4 heteroatoms. The molecule has 1 aliphatic rings. The van der Waals surface area contributed by atoms with Crippen LogP contribution in [0.1, 0.15) is 18.9 Å². The summed E-state index contributed by atoms with van der Waals surface area (Å²) in [5, 5.41) is 8.99. The summed E-state index contributed by atoms with van der Waals surface area (Å²) in [5.74, 6) is 0. The first-order valence-corrected chi connectivity index (χ1v) is 5.90. The Labute approximate surface area is 102 Å². The average molecular weight is 231 g/mol. The first-order chi connectivity index (χ1) is 8.26. The number of anilines is 2. The number of rotatable bonds is 2. The van der Waals surface area contributed by atoms with Crippen molar-refractivity contribution in [1.82, 2.24) is 0 Å². The third kappa shape index (κ3) is 2.34. The lowest BCUT2D eigenvalue weighted by Crippen LogP contribution is -2.45. The first kappa shape index (κ1) is 11.7. The molecule has 1 fully saturated rings. The van der Waals surface area contributed by atoms with Crippen molar-refractivity contribution in [2.75, 3.05) is 30.4 Å². The topological polar surface area (TPSA) is 62.3 Å². The minimum absolute atomic E-state index is 0.388. The molecule has 0 aliphatic carbocycles. The number of nitrogen functional groups attached to an aromatic ring is 1. The molecule has 2 N–H and O–H groups in total. The maximum Gasteiger partial charge on any atom is 0.101 e. The van der Waals surface area contributed by atoms with E-state index in [1.807, 2.05) is 12.1 Å². The van der Waals surface area contributed by atoms with Crippen molar-refractivity contribution in [2.45, 2.75) is 19.4 Å². The van der Waals surface area contributed by atoms with Gasteiger partial charge in [-0.2, -0.15) is 5.26 Å². The van der Waals surface area contributed by atoms with Crippen LogP contribution in [0.5, 0.6) is 0 Å². The van der Waals surface area contributed by atoms with E-state index in [0.717, 1.165) is 31.9 Å². The number of benzene rings is 1. The summed E-state index contributed by atoms with van der Waals surface area (Å²) < 4.78 is 5.47. The molecular weight excluding hydrogens is 214 g/mol. The monoisotopic (exact) mass is 231 g/mol. The van der Waals surface area contributed by atoms with Crippen LogP contribution < -0.4 is 10.6 Å². The van der Waals surface area contributed by atoms with E-state index in [4.69, 9.17) is 15.7 Å². The number of hydrogen-bond donors (Lipinski definition) is 1. The summed E-state index contributed by atoms with van der Waals surface area (Å²) in [6, 6.07) is 8.15. The van der Waals surface area contributed by atoms with Gasteiger partial charge in [0.2, 0.25) is 0 Å². The Balaban J connectivity index is 2.29. The lowest BCUT2D eigenvalue weighted by molar-refractivity contribution is 0.0930. The van der Waals surface area contributed by atoms with Gasteiger partial charge < -0.3 is 15.4 Å². The Morgan fingerprint density at radius 2 is 2.41 bits per heavy atom. The zero-order valence-electron chi connectivity index (χ0n) is 10.0. The molecule has 1 aliphatic heterocycles. The smallest absolute Gasteiger partial charge is 0.101 e. The molecule has 1 aromatic rings. The summed E-state index contributed by atoms with van der Waals surface area (Å²) in [6.45, 7) is 4.51. The first-order valence-electron chi connectivity index (χ1n) is 5.90. The summed E-state index contributed by atoms with van der Waals surface area (Å²) >= 11 is 0. The van der Waals surface area contributed by atoms with Gasteiger partial charge in [0.1, 0.15) is 6.07 Å². The molecule has 0 saturated carbocycles. The van der Waals surface area contributed by atoms with Crippen molar-refractivity contribution in [3.63, 3.8) is 0 Å². The Morgan fingerprint density at radius 3 is 3.12 bits per heavy atom. The minimum atomic E-state index is 0.388. The number of nitrogens with two attached hydrogens (primary N) is 1. The molecule has 0 radical (unpaired) electrons. The summed E-state index contributed by atoms with van der Waals surface area (Å²) in [5.41, 5.74) is 7.88. The molecular formula is C13H17N3O. The number of ether oxygens (including phenoxy) is 1. The van der Waals surface area contributed by atoms with E-state index in [9.17, 15) is 0 Å². The largest absolute Gasteiger partial charge is 0.398 e. The molecule has 1 aromatic carbocycles. The van der Waals surface area contributed by atoms with Crippen LogP contribution in [-0.2, 0) is 4.74 Å². The Morgan fingerprint density at radius 1 is 1.59 bits per heavy atom. The lowest BCUT2D eigenvalue weighted by atomic mass is 10.1. The van der Waals surface area contributed by atoms with E-state index in [-0.39, 0.29) is 0 Å². The van der Waals surface area contributed by atoms with E-state index in [0.29, 0.717) is 17.3 Å². The SMILES string of the molecule is CCC1COCCN1c1ccc(N)c(C#N)c1. The molecule has 0 aromatic heterocycles. The highest BCUT2D eigenvalue weighted by atomic mass is 16.5. The van der Waals surface area contributed by atoms with Crippen LogP contribution in [0, 0.1) is 11.3 Å². The zero-order chi connectivity index (χ0) is 12.3. The molecule has 1 saturated heterocycles. The predicted octanol–water partition coefficient (Wildman–Crippen LogP) is 1.76. The van der Waals surface area contributed by atoms with Gasteiger partial charge in [-0.05, 0) is 24.6 Å². The van der Waals surface area contributed by atoms with Gasteiger partial charge in [-0.3, -0.25) is 0 Å². The molecule has 17 heavy (non-hydrogen) atoms. The fourth-order valence-corrected chi connectivity index (χ4v) is 2.15. The normalized spacial score (nSPS) is 20.0. The number of nitriles is 1. The minimum Gasteiger partial charge on any atom is -0.398 e. The molecule has 0 bridgehead atoms. The van der Waals surface area contributed by atoms with Gasteiger partial charge >= 0.3 is 0 Å². The van der Waals surface area contributed by atoms with Crippen LogP contribution in [0.25, 0.3) is 0 Å². The quantitative estimate of drug-likeness (QED) is 0.788. The fraction of sp³-hybridized carbons (Fsp3) is 0.462. The molecule has 2 rings (SSSR count). The van der Waals surface area contributed by atoms with Crippen molar-refractivity contribution in [3.8, 4) is 6.07 Å². The maximum absolute atomic E-state index is 8.99. The van der Waals surface area contributed by atoms with Gasteiger partial charge in [0, 0.05) is 17.9 Å². The Hall–Kier alpha value is -1.73. The second-order valence-electron chi connectivity index (χ2n) is 4.21. The van der Waals surface area contributed by atoms with Crippen LogP contribution in [0.4, 0.5) is 11.4 Å². The summed E-state index contributed by atoms with van der Waals surface area (Å²) in [7, 11) is 0. The van der Waals surface area contributed by atoms with Crippen molar-refractivity contribution in [1.29, 1.82) is 5.26 Å². The highest BCUT2D eigenvalue weighted by molar-refractivity contribution is 5.63. The lowest BCUT2D eigenvalue weighted by Gasteiger charge is -2.37. The van der Waals surface area contributed by atoms with Gasteiger partial charge in [0.15, 0.2) is 0 Å². The van der Waals surface area contributed by atoms with Crippen molar-refractivity contribution >= 4 is 11.4 Å². The van der Waals surface area contributed by atoms with Crippen LogP contribution in [0.15, 0.2) is 18.2 Å². The highest BCUT2D eigenvalue weighted by Crippen LogP contribution is 2.24. The molecule has 1 heterocycles. The second kappa shape index (κ2) is 5.07. The van der Waals surface area contributed by atoms with E-state index in [2.05, 4.69) is 17.9 Å². The van der Waals surface area contributed by atoms with Gasteiger partial charge in [-0.25, -0.2) is 0 Å². The fourth-order valence-electron chi connectivity index (χ4n) is 2.15. The number of nitrogens with zero attached hydrogens (tertiary/aromatic N) is 2. The number of morpholine rings is 1. The molecule has 1 unspecified atom stereocenters. The predicted molar refractivity (Wildman–Crippen MR) is 67.8 cm³/mol. The second-order valence-corrected chi connectivity index (χ2v) is 4.21. The highest BCUT2D eigenvalue weighted by Gasteiger charge is 2.21. The van der Waals surface area contributed by atoms with Gasteiger partial charge in [-0.15, -0.1) is 0 Å². The molecule has 4 nitrogen and oxygen atoms in total. The third-order valence-electron chi connectivity index (χ3n) is 3.19. The van der Waals surface area contributed by atoms with Crippen molar-refractivity contribution in [2.24, 2.45) is 0 Å². The zero-order valence-corrected chi connectivity index (χ0v) is 10.0. The molecule has 1 atom stereocenters. The maximum atomic E-state index is 8.99. The standard InChI is InChI=1S/C13H17N3O/c1-2-11-9-17-6-5-16(11)12-3-4-13(15)10(7-12)8-14/h3-4,7,11H,2,5-6,9,15H2,1H3. The van der Waals surface area contributed by atoms with Gasteiger partial charge in [0.25, 0.3) is 0 Å². The third-order valence-corrected chi connectivity index (χ3v) is 3.19. The van der Waals surface area contributed by atoms with Crippen molar-refractivity contribution in [3.05, 3.63) is 23.8 Å². The Kier molecular flexibility index (Phi) is 3.50. The van der Waals surface area contributed by atoms with Crippen LogP contribution in [0.3, 0.4) is 0 Å². The molecule has 0 spiro atoms. The Bertz CT molecular complexity index is 439. The average Bonchev–Trinajstić information content (AvgIpc) is 2.39. The summed E-state index contributed by atoms with van der Waals surface area (Å²) in [4.78, 5) is 2.30. The van der Waals surface area contributed by atoms with E-state index in [1.165, 1.54) is 0 Å². The van der Waals surface area contributed by atoms with E-state index < -0.39 is 0 Å². The van der Waals surface area contributed by atoms with Crippen LogP contribution >= 0.6 is 0 Å². The van der Waals surface area contributed by atoms with Gasteiger partial charge in [-0.1, -0.05) is 6.92 Å². The van der Waals surface area contributed by atoms with Gasteiger partial charge in [0.05, 0.1) is 24.8 Å². The van der Waals surface area contributed by atoms with E-state index in [1.54, 1.807) is 6.07 Å². The van der Waals surface area contributed by atoms with E-state index >= 15 is 0 Å².